The predicted octanol–water partition coefficient (Wildman–Crippen LogP) is 2.02. The molecule has 0 spiro atoms. The van der Waals surface area contributed by atoms with Gasteiger partial charge in [-0.2, -0.15) is 4.98 Å². The van der Waals surface area contributed by atoms with Crippen molar-refractivity contribution >= 4 is 11.3 Å². The molecule has 1 aliphatic heterocycles. The van der Waals surface area contributed by atoms with Gasteiger partial charge in [-0.25, -0.2) is 4.98 Å². The second-order valence-corrected chi connectivity index (χ2v) is 7.10. The SMILES string of the molecule is Cc1noc([C@H]2C[C@@H](O)CN2Cc2cnc(C3CC3)s2)n1. The van der Waals surface area contributed by atoms with Crippen molar-refractivity contribution < 1.29 is 9.63 Å². The zero-order valence-electron chi connectivity index (χ0n) is 11.9. The van der Waals surface area contributed by atoms with E-state index in [2.05, 4.69) is 20.0 Å². The Labute approximate surface area is 126 Å². The molecule has 2 aromatic heterocycles. The quantitative estimate of drug-likeness (QED) is 0.931. The third-order valence-electron chi connectivity index (χ3n) is 4.07. The van der Waals surface area contributed by atoms with Gasteiger partial charge in [-0.1, -0.05) is 5.16 Å². The third kappa shape index (κ3) is 2.73. The minimum absolute atomic E-state index is 0.00711. The minimum Gasteiger partial charge on any atom is -0.392 e. The molecule has 3 heterocycles. The Morgan fingerprint density at radius 1 is 1.48 bits per heavy atom. The number of β-amino-alcohol motifs (C(OH)–C–C–N with tert-alkyl or cyclic N) is 1. The highest BCUT2D eigenvalue weighted by atomic mass is 32.1. The summed E-state index contributed by atoms with van der Waals surface area (Å²) in [4.78, 5) is 12.3. The van der Waals surface area contributed by atoms with E-state index in [0.717, 1.165) is 6.54 Å². The molecule has 2 fully saturated rings. The van der Waals surface area contributed by atoms with Crippen LogP contribution in [0.15, 0.2) is 10.7 Å². The number of likely N-dealkylation sites (tertiary alicyclic amines) is 1. The van der Waals surface area contributed by atoms with Crippen LogP contribution < -0.4 is 0 Å². The zero-order valence-corrected chi connectivity index (χ0v) is 12.7. The molecule has 4 rings (SSSR count). The van der Waals surface area contributed by atoms with E-state index in [-0.39, 0.29) is 12.1 Å². The van der Waals surface area contributed by atoms with E-state index >= 15 is 0 Å². The normalized spacial score (nSPS) is 26.6. The third-order valence-corrected chi connectivity index (χ3v) is 5.21. The Balaban J connectivity index is 1.51. The predicted molar refractivity (Wildman–Crippen MR) is 76.9 cm³/mol. The topological polar surface area (TPSA) is 75.3 Å². The molecule has 1 N–H and O–H groups in total. The number of aryl methyl sites for hydroxylation is 1. The van der Waals surface area contributed by atoms with Crippen LogP contribution in [0.2, 0.25) is 0 Å². The molecule has 0 radical (unpaired) electrons. The molecule has 2 aromatic rings. The molecule has 2 atom stereocenters. The Hall–Kier alpha value is -1.31. The van der Waals surface area contributed by atoms with Crippen LogP contribution >= 0.6 is 11.3 Å². The Kier molecular flexibility index (Phi) is 3.28. The fraction of sp³-hybridized carbons (Fsp3) is 0.643. The second-order valence-electron chi connectivity index (χ2n) is 5.95. The number of aliphatic hydroxyl groups excluding tert-OH is 1. The first-order valence-corrected chi connectivity index (χ1v) is 8.17. The summed E-state index contributed by atoms with van der Waals surface area (Å²) in [6.45, 7) is 3.24. The summed E-state index contributed by atoms with van der Waals surface area (Å²) in [6.07, 6.45) is 4.84. The van der Waals surface area contributed by atoms with Crippen LogP contribution in [-0.4, -0.2) is 37.8 Å². The van der Waals surface area contributed by atoms with Crippen molar-refractivity contribution in [2.75, 3.05) is 6.54 Å². The van der Waals surface area contributed by atoms with Gasteiger partial charge in [-0.3, -0.25) is 4.90 Å². The first-order chi connectivity index (χ1) is 10.2. The van der Waals surface area contributed by atoms with E-state index in [1.807, 2.05) is 13.1 Å². The van der Waals surface area contributed by atoms with Gasteiger partial charge in [0, 0.05) is 30.1 Å². The number of hydrogen-bond acceptors (Lipinski definition) is 7. The van der Waals surface area contributed by atoms with Gasteiger partial charge < -0.3 is 9.63 Å². The number of aromatic nitrogens is 3. The van der Waals surface area contributed by atoms with Crippen LogP contribution in [-0.2, 0) is 6.54 Å². The molecule has 112 valence electrons. The standard InChI is InChI=1S/C14H18N4O2S/c1-8-16-13(20-17-8)12-4-10(19)6-18(12)7-11-5-15-14(21-11)9-2-3-9/h5,9-10,12,19H,2-4,6-7H2,1H3/t10-,12-/m1/s1. The van der Waals surface area contributed by atoms with E-state index in [9.17, 15) is 5.11 Å². The molecular weight excluding hydrogens is 288 g/mol. The van der Waals surface area contributed by atoms with Crippen LogP contribution in [0, 0.1) is 6.92 Å². The molecule has 6 nitrogen and oxygen atoms in total. The summed E-state index contributed by atoms with van der Waals surface area (Å²) in [5.41, 5.74) is 0. The maximum absolute atomic E-state index is 9.98. The Morgan fingerprint density at radius 3 is 3.05 bits per heavy atom. The summed E-state index contributed by atoms with van der Waals surface area (Å²) in [5, 5.41) is 15.1. The van der Waals surface area contributed by atoms with Crippen LogP contribution in [0.4, 0.5) is 0 Å². The largest absolute Gasteiger partial charge is 0.392 e. The van der Waals surface area contributed by atoms with E-state index in [0.29, 0.717) is 30.6 Å². The van der Waals surface area contributed by atoms with Crippen LogP contribution in [0.3, 0.4) is 0 Å². The van der Waals surface area contributed by atoms with Gasteiger partial charge in [-0.15, -0.1) is 11.3 Å². The second kappa shape index (κ2) is 5.15. The Morgan fingerprint density at radius 2 is 2.33 bits per heavy atom. The summed E-state index contributed by atoms with van der Waals surface area (Å²) < 4.78 is 5.29. The van der Waals surface area contributed by atoms with Crippen LogP contribution in [0.1, 0.15) is 52.8 Å². The number of nitrogens with zero attached hydrogens (tertiary/aromatic N) is 4. The van der Waals surface area contributed by atoms with Crippen molar-refractivity contribution in [3.63, 3.8) is 0 Å². The number of hydrogen-bond donors (Lipinski definition) is 1. The van der Waals surface area contributed by atoms with Crippen molar-refractivity contribution in [2.45, 2.75) is 50.8 Å². The lowest BCUT2D eigenvalue weighted by Gasteiger charge is -2.19. The van der Waals surface area contributed by atoms with Gasteiger partial charge in [0.15, 0.2) is 5.82 Å². The van der Waals surface area contributed by atoms with Crippen LogP contribution in [0.5, 0.6) is 0 Å². The summed E-state index contributed by atoms with van der Waals surface area (Å²) in [7, 11) is 0. The van der Waals surface area contributed by atoms with E-state index < -0.39 is 0 Å². The molecule has 0 amide bonds. The van der Waals surface area contributed by atoms with Gasteiger partial charge in [0.2, 0.25) is 5.89 Å². The smallest absolute Gasteiger partial charge is 0.244 e. The fourth-order valence-electron chi connectivity index (χ4n) is 2.87. The van der Waals surface area contributed by atoms with Gasteiger partial charge in [0.25, 0.3) is 0 Å². The lowest BCUT2D eigenvalue weighted by molar-refractivity contribution is 0.170. The maximum Gasteiger partial charge on any atom is 0.244 e. The van der Waals surface area contributed by atoms with E-state index in [4.69, 9.17) is 4.52 Å². The van der Waals surface area contributed by atoms with Gasteiger partial charge in [0.05, 0.1) is 17.2 Å². The highest BCUT2D eigenvalue weighted by Gasteiger charge is 2.36. The molecule has 1 saturated carbocycles. The molecule has 7 heteroatoms. The number of thiazole rings is 1. The number of aliphatic hydroxyl groups is 1. The molecule has 0 aromatic carbocycles. The lowest BCUT2D eigenvalue weighted by atomic mass is 10.2. The van der Waals surface area contributed by atoms with Crippen molar-refractivity contribution in [3.05, 3.63) is 27.8 Å². The summed E-state index contributed by atoms with van der Waals surface area (Å²) in [5.74, 6) is 1.94. The maximum atomic E-state index is 9.98. The highest BCUT2D eigenvalue weighted by molar-refractivity contribution is 7.11. The van der Waals surface area contributed by atoms with Crippen molar-refractivity contribution in [2.24, 2.45) is 0 Å². The van der Waals surface area contributed by atoms with E-state index in [1.54, 1.807) is 11.3 Å². The first-order valence-electron chi connectivity index (χ1n) is 7.36. The molecule has 1 aliphatic carbocycles. The molecule has 0 unspecified atom stereocenters. The highest BCUT2D eigenvalue weighted by Crippen LogP contribution is 2.42. The molecular formula is C14H18N4O2S. The van der Waals surface area contributed by atoms with Crippen molar-refractivity contribution in [3.8, 4) is 0 Å². The van der Waals surface area contributed by atoms with Gasteiger partial charge in [-0.05, 0) is 26.2 Å². The van der Waals surface area contributed by atoms with Gasteiger partial charge in [0.1, 0.15) is 0 Å². The van der Waals surface area contributed by atoms with Crippen LogP contribution in [0.25, 0.3) is 0 Å². The Bertz CT molecular complexity index is 636. The zero-order chi connectivity index (χ0) is 14.4. The summed E-state index contributed by atoms with van der Waals surface area (Å²) in [6, 6.07) is 0.00711. The monoisotopic (exact) mass is 306 g/mol. The molecule has 2 aliphatic rings. The fourth-order valence-corrected chi connectivity index (χ4v) is 3.99. The molecule has 1 saturated heterocycles. The average molecular weight is 306 g/mol. The molecule has 21 heavy (non-hydrogen) atoms. The number of rotatable bonds is 4. The minimum atomic E-state index is -0.335. The lowest BCUT2D eigenvalue weighted by Crippen LogP contribution is -2.24. The average Bonchev–Trinajstić information content (AvgIpc) is 2.87. The molecule has 0 bridgehead atoms. The van der Waals surface area contributed by atoms with Gasteiger partial charge >= 0.3 is 0 Å². The van der Waals surface area contributed by atoms with Crippen molar-refractivity contribution in [1.82, 2.24) is 20.0 Å². The van der Waals surface area contributed by atoms with Crippen molar-refractivity contribution in [1.29, 1.82) is 0 Å². The summed E-state index contributed by atoms with van der Waals surface area (Å²) >= 11 is 1.79. The van der Waals surface area contributed by atoms with E-state index in [1.165, 1.54) is 22.7 Å². The first kappa shape index (κ1) is 13.4.